The van der Waals surface area contributed by atoms with E-state index in [4.69, 9.17) is 9.47 Å². The van der Waals surface area contributed by atoms with E-state index in [-0.39, 0.29) is 0 Å². The van der Waals surface area contributed by atoms with Crippen molar-refractivity contribution in [1.29, 1.82) is 0 Å². The molecule has 1 saturated carbocycles. The largest absolute Gasteiger partial charge is 0.381 e. The van der Waals surface area contributed by atoms with E-state index in [2.05, 4.69) is 29.6 Å². The average Bonchev–Trinajstić information content (AvgIpc) is 2.30. The van der Waals surface area contributed by atoms with Gasteiger partial charge in [0.15, 0.2) is 0 Å². The van der Waals surface area contributed by atoms with Gasteiger partial charge in [-0.05, 0) is 24.0 Å². The maximum absolute atomic E-state index is 5.26. The summed E-state index contributed by atoms with van der Waals surface area (Å²) in [6, 6.07) is 9.19. The summed E-state index contributed by atoms with van der Waals surface area (Å²) < 4.78 is 10.3. The summed E-state index contributed by atoms with van der Waals surface area (Å²) in [6.45, 7) is 1.63. The number of hydrogen-bond acceptors (Lipinski definition) is 3. The first-order valence-electron chi connectivity index (χ1n) is 6.14. The fourth-order valence-corrected chi connectivity index (χ4v) is 2.11. The molecule has 1 aliphatic rings. The molecule has 1 N–H and O–H groups in total. The van der Waals surface area contributed by atoms with Crippen molar-refractivity contribution in [2.45, 2.75) is 38.1 Å². The topological polar surface area (TPSA) is 30.5 Å². The molecule has 0 amide bonds. The molecule has 2 rings (SSSR count). The molecule has 1 aliphatic carbocycles. The lowest BCUT2D eigenvalue weighted by atomic mass is 9.89. The summed E-state index contributed by atoms with van der Waals surface area (Å²) in [6.07, 6.45) is 2.74. The maximum Gasteiger partial charge on any atom is 0.0713 e. The summed E-state index contributed by atoms with van der Waals surface area (Å²) in [4.78, 5) is 0. The molecule has 0 unspecified atom stereocenters. The fourth-order valence-electron chi connectivity index (χ4n) is 2.11. The van der Waals surface area contributed by atoms with Crippen LogP contribution in [0.25, 0.3) is 0 Å². The van der Waals surface area contributed by atoms with Gasteiger partial charge < -0.3 is 14.8 Å². The van der Waals surface area contributed by atoms with Crippen molar-refractivity contribution in [2.24, 2.45) is 0 Å². The highest BCUT2D eigenvalue weighted by Crippen LogP contribution is 2.22. The van der Waals surface area contributed by atoms with Gasteiger partial charge in [-0.15, -0.1) is 0 Å². The van der Waals surface area contributed by atoms with Crippen molar-refractivity contribution in [3.63, 3.8) is 0 Å². The predicted molar refractivity (Wildman–Crippen MR) is 67.8 cm³/mol. The zero-order valence-electron chi connectivity index (χ0n) is 10.6. The first-order chi connectivity index (χ1) is 8.31. The Bertz CT molecular complexity index is 331. The van der Waals surface area contributed by atoms with E-state index >= 15 is 0 Å². The number of methoxy groups -OCH3 is 2. The van der Waals surface area contributed by atoms with Crippen LogP contribution in [-0.4, -0.2) is 26.4 Å². The third kappa shape index (κ3) is 3.53. The molecule has 1 aromatic carbocycles. The van der Waals surface area contributed by atoms with Gasteiger partial charge in [-0.1, -0.05) is 24.3 Å². The summed E-state index contributed by atoms with van der Waals surface area (Å²) >= 11 is 0. The van der Waals surface area contributed by atoms with Gasteiger partial charge in [0.2, 0.25) is 0 Å². The van der Waals surface area contributed by atoms with Crippen LogP contribution in [0.15, 0.2) is 24.3 Å². The normalized spacial score (nSPS) is 23.4. The van der Waals surface area contributed by atoms with Gasteiger partial charge in [0, 0.05) is 26.8 Å². The molecule has 0 radical (unpaired) electrons. The Hall–Kier alpha value is -0.900. The first-order valence-corrected chi connectivity index (χ1v) is 6.14. The lowest BCUT2D eigenvalue weighted by Crippen LogP contribution is -2.44. The van der Waals surface area contributed by atoms with Crippen molar-refractivity contribution in [2.75, 3.05) is 14.2 Å². The molecule has 17 heavy (non-hydrogen) atoms. The Morgan fingerprint density at radius 3 is 2.35 bits per heavy atom. The summed E-state index contributed by atoms with van der Waals surface area (Å²) in [5.41, 5.74) is 2.55. The zero-order valence-corrected chi connectivity index (χ0v) is 10.6. The van der Waals surface area contributed by atoms with Crippen molar-refractivity contribution in [3.05, 3.63) is 35.4 Å². The lowest BCUT2D eigenvalue weighted by Gasteiger charge is -2.34. The van der Waals surface area contributed by atoms with Crippen LogP contribution in [0.4, 0.5) is 0 Å². The standard InChI is InChI=1S/C14H21NO2/c1-16-10-12-5-3-11(4-6-12)9-15-13-7-14(8-13)17-2/h3-6,13-15H,7-10H2,1-2H3. The minimum Gasteiger partial charge on any atom is -0.381 e. The van der Waals surface area contributed by atoms with E-state index in [0.29, 0.717) is 18.8 Å². The molecule has 1 fully saturated rings. The van der Waals surface area contributed by atoms with Gasteiger partial charge in [-0.3, -0.25) is 0 Å². The minimum atomic E-state index is 0.469. The van der Waals surface area contributed by atoms with E-state index < -0.39 is 0 Å². The van der Waals surface area contributed by atoms with Gasteiger partial charge in [0.1, 0.15) is 0 Å². The van der Waals surface area contributed by atoms with E-state index in [9.17, 15) is 0 Å². The van der Waals surface area contributed by atoms with Gasteiger partial charge >= 0.3 is 0 Å². The van der Waals surface area contributed by atoms with Crippen LogP contribution >= 0.6 is 0 Å². The van der Waals surface area contributed by atoms with Crippen LogP contribution in [-0.2, 0) is 22.6 Å². The van der Waals surface area contributed by atoms with Crippen molar-refractivity contribution >= 4 is 0 Å². The Balaban J connectivity index is 1.72. The highest BCUT2D eigenvalue weighted by atomic mass is 16.5. The van der Waals surface area contributed by atoms with Crippen molar-refractivity contribution in [1.82, 2.24) is 5.32 Å². The van der Waals surface area contributed by atoms with Crippen LogP contribution in [0, 0.1) is 0 Å². The molecule has 0 atom stereocenters. The number of hydrogen-bond donors (Lipinski definition) is 1. The lowest BCUT2D eigenvalue weighted by molar-refractivity contribution is 0.0170. The molecule has 1 aromatic rings. The third-order valence-corrected chi connectivity index (χ3v) is 3.36. The second-order valence-corrected chi connectivity index (χ2v) is 4.66. The van der Waals surface area contributed by atoms with Crippen LogP contribution < -0.4 is 5.32 Å². The molecule has 0 bridgehead atoms. The van der Waals surface area contributed by atoms with Gasteiger partial charge in [-0.2, -0.15) is 0 Å². The van der Waals surface area contributed by atoms with Crippen molar-refractivity contribution < 1.29 is 9.47 Å². The monoisotopic (exact) mass is 235 g/mol. The number of rotatable bonds is 6. The van der Waals surface area contributed by atoms with Gasteiger partial charge in [0.25, 0.3) is 0 Å². The summed E-state index contributed by atoms with van der Waals surface area (Å²) in [5.74, 6) is 0. The van der Waals surface area contributed by atoms with Crippen LogP contribution in [0.2, 0.25) is 0 Å². The Morgan fingerprint density at radius 1 is 1.12 bits per heavy atom. The SMILES string of the molecule is COCc1ccc(CNC2CC(OC)C2)cc1. The quantitative estimate of drug-likeness (QED) is 0.819. The van der Waals surface area contributed by atoms with Crippen LogP contribution in [0.1, 0.15) is 24.0 Å². The second kappa shape index (κ2) is 6.15. The van der Waals surface area contributed by atoms with Crippen molar-refractivity contribution in [3.8, 4) is 0 Å². The number of benzene rings is 1. The van der Waals surface area contributed by atoms with Crippen LogP contribution in [0.5, 0.6) is 0 Å². The summed E-state index contributed by atoms with van der Waals surface area (Å²) in [5, 5.41) is 3.54. The fraction of sp³-hybridized carbons (Fsp3) is 0.571. The Labute approximate surface area is 103 Å². The van der Waals surface area contributed by atoms with E-state index in [1.165, 1.54) is 11.1 Å². The molecule has 3 nitrogen and oxygen atoms in total. The Morgan fingerprint density at radius 2 is 1.76 bits per heavy atom. The maximum atomic E-state index is 5.26. The molecule has 0 spiro atoms. The predicted octanol–water partition coefficient (Wildman–Crippen LogP) is 2.10. The highest BCUT2D eigenvalue weighted by molar-refractivity contribution is 5.22. The molecule has 0 heterocycles. The molecular weight excluding hydrogens is 214 g/mol. The van der Waals surface area contributed by atoms with Gasteiger partial charge in [-0.25, -0.2) is 0 Å². The molecule has 94 valence electrons. The molecule has 0 aromatic heterocycles. The van der Waals surface area contributed by atoms with Crippen LogP contribution in [0.3, 0.4) is 0 Å². The number of ether oxygens (including phenoxy) is 2. The molecule has 3 heteroatoms. The first kappa shape index (κ1) is 12.6. The summed E-state index contributed by atoms with van der Waals surface area (Å²) in [7, 11) is 3.51. The van der Waals surface area contributed by atoms with E-state index in [1.54, 1.807) is 14.2 Å². The number of nitrogens with one attached hydrogen (secondary N) is 1. The molecular formula is C14H21NO2. The van der Waals surface area contributed by atoms with Gasteiger partial charge in [0.05, 0.1) is 12.7 Å². The van der Waals surface area contributed by atoms with E-state index in [0.717, 1.165) is 19.4 Å². The average molecular weight is 235 g/mol. The minimum absolute atomic E-state index is 0.469. The molecule has 0 saturated heterocycles. The Kier molecular flexibility index (Phi) is 4.54. The van der Waals surface area contributed by atoms with E-state index in [1.807, 2.05) is 0 Å². The molecule has 0 aliphatic heterocycles. The second-order valence-electron chi connectivity index (χ2n) is 4.66. The zero-order chi connectivity index (χ0) is 12.1. The smallest absolute Gasteiger partial charge is 0.0713 e. The third-order valence-electron chi connectivity index (χ3n) is 3.36. The highest BCUT2D eigenvalue weighted by Gasteiger charge is 2.28.